The van der Waals surface area contributed by atoms with Crippen molar-refractivity contribution in [3.8, 4) is 11.3 Å². The van der Waals surface area contributed by atoms with Crippen molar-refractivity contribution in [3.63, 3.8) is 0 Å². The molecule has 0 fully saturated rings. The van der Waals surface area contributed by atoms with Gasteiger partial charge in [0.2, 0.25) is 0 Å². The summed E-state index contributed by atoms with van der Waals surface area (Å²) >= 11 is 0. The third kappa shape index (κ3) is 3.43. The number of rotatable bonds is 5. The van der Waals surface area contributed by atoms with Gasteiger partial charge in [-0.05, 0) is 43.5 Å². The number of H-pyrrole nitrogens is 1. The Morgan fingerprint density at radius 2 is 1.93 bits per heavy atom. The van der Waals surface area contributed by atoms with Crippen LogP contribution in [0, 0.1) is 20.8 Å². The zero-order valence-corrected chi connectivity index (χ0v) is 16.7. The molecule has 0 aliphatic rings. The first kappa shape index (κ1) is 19.0. The molecule has 0 bridgehead atoms. The Balaban J connectivity index is 1.68. The van der Waals surface area contributed by atoms with Crippen molar-refractivity contribution in [1.29, 1.82) is 0 Å². The zero-order chi connectivity index (χ0) is 20.5. The molecule has 2 heterocycles. The van der Waals surface area contributed by atoms with Gasteiger partial charge in [-0.25, -0.2) is 0 Å². The van der Waals surface area contributed by atoms with E-state index < -0.39 is 0 Å². The number of nitrogens with zero attached hydrogens (tertiary/aromatic N) is 1. The number of fused-ring (bicyclic) bond motifs is 1. The average Bonchev–Trinajstić information content (AvgIpc) is 3.26. The van der Waals surface area contributed by atoms with E-state index in [1.165, 1.54) is 5.56 Å². The van der Waals surface area contributed by atoms with E-state index in [0.717, 1.165) is 33.3 Å². The van der Waals surface area contributed by atoms with Crippen LogP contribution in [0.5, 0.6) is 0 Å². The van der Waals surface area contributed by atoms with E-state index >= 15 is 0 Å². The zero-order valence-electron chi connectivity index (χ0n) is 16.7. The van der Waals surface area contributed by atoms with Gasteiger partial charge in [-0.2, -0.15) is 0 Å². The van der Waals surface area contributed by atoms with Crippen LogP contribution in [0.1, 0.15) is 38.5 Å². The predicted octanol–water partition coefficient (Wildman–Crippen LogP) is 4.17. The van der Waals surface area contributed by atoms with Crippen molar-refractivity contribution in [3.05, 3.63) is 76.2 Å². The van der Waals surface area contributed by atoms with Crippen LogP contribution in [0.3, 0.4) is 0 Å². The van der Waals surface area contributed by atoms with Crippen LogP contribution < -0.4 is 5.32 Å². The molecule has 4 aromatic rings. The van der Waals surface area contributed by atoms with Crippen LogP contribution in [0.4, 0.5) is 0 Å². The standard InChI is InChI=1S/C23H23N3O3/c1-13-9-17(11-24-23(28)22-19(12-27)15(3)29-26-22)21-18(10-13)14(2)20(25-21)16-7-5-4-6-8-16/h4-10,25,27H,11-12H2,1-3H3,(H,24,28). The first-order valence-electron chi connectivity index (χ1n) is 9.51. The molecule has 1 amide bonds. The summed E-state index contributed by atoms with van der Waals surface area (Å²) in [5, 5.41) is 17.3. The molecule has 0 spiro atoms. The Morgan fingerprint density at radius 1 is 1.17 bits per heavy atom. The maximum absolute atomic E-state index is 12.6. The molecule has 6 nitrogen and oxygen atoms in total. The number of nitrogens with one attached hydrogen (secondary N) is 2. The molecule has 0 radical (unpaired) electrons. The highest BCUT2D eigenvalue weighted by Gasteiger charge is 2.20. The van der Waals surface area contributed by atoms with Crippen LogP contribution in [0.2, 0.25) is 0 Å². The lowest BCUT2D eigenvalue weighted by atomic mass is 10.0. The predicted molar refractivity (Wildman–Crippen MR) is 112 cm³/mol. The number of aryl methyl sites for hydroxylation is 3. The van der Waals surface area contributed by atoms with E-state index in [0.29, 0.717) is 17.9 Å². The number of aromatic amines is 1. The molecule has 0 saturated heterocycles. The largest absolute Gasteiger partial charge is 0.391 e. The van der Waals surface area contributed by atoms with Crippen molar-refractivity contribution in [2.45, 2.75) is 33.9 Å². The monoisotopic (exact) mass is 389 g/mol. The van der Waals surface area contributed by atoms with E-state index in [-0.39, 0.29) is 18.2 Å². The summed E-state index contributed by atoms with van der Waals surface area (Å²) in [5.74, 6) is 0.0789. The fourth-order valence-electron chi connectivity index (χ4n) is 3.71. The lowest BCUT2D eigenvalue weighted by Crippen LogP contribution is -2.24. The molecule has 3 N–H and O–H groups in total. The summed E-state index contributed by atoms with van der Waals surface area (Å²) in [6, 6.07) is 14.4. The van der Waals surface area contributed by atoms with Crippen molar-refractivity contribution in [2.75, 3.05) is 0 Å². The van der Waals surface area contributed by atoms with E-state index in [4.69, 9.17) is 4.52 Å². The van der Waals surface area contributed by atoms with Crippen LogP contribution >= 0.6 is 0 Å². The van der Waals surface area contributed by atoms with Crippen molar-refractivity contribution < 1.29 is 14.4 Å². The Hall–Kier alpha value is -3.38. The van der Waals surface area contributed by atoms with Crippen LogP contribution in [-0.4, -0.2) is 21.2 Å². The second kappa shape index (κ2) is 7.56. The van der Waals surface area contributed by atoms with Gasteiger partial charge in [0.05, 0.1) is 17.7 Å². The van der Waals surface area contributed by atoms with Crippen molar-refractivity contribution in [1.82, 2.24) is 15.5 Å². The number of hydrogen-bond donors (Lipinski definition) is 3. The summed E-state index contributed by atoms with van der Waals surface area (Å²) in [4.78, 5) is 16.1. The Bertz CT molecular complexity index is 1190. The Labute approximate surface area is 168 Å². The first-order valence-corrected chi connectivity index (χ1v) is 9.51. The molecule has 0 unspecified atom stereocenters. The number of carbonyl (C=O) groups excluding carboxylic acids is 1. The SMILES string of the molecule is Cc1cc(CNC(=O)c2noc(C)c2CO)c2[nH]c(-c3ccccc3)c(C)c2c1. The maximum Gasteiger partial charge on any atom is 0.274 e. The molecular weight excluding hydrogens is 366 g/mol. The van der Waals surface area contributed by atoms with Crippen LogP contribution in [-0.2, 0) is 13.2 Å². The van der Waals surface area contributed by atoms with Gasteiger partial charge in [0.15, 0.2) is 5.69 Å². The van der Waals surface area contributed by atoms with Gasteiger partial charge in [0, 0.05) is 17.6 Å². The summed E-state index contributed by atoms with van der Waals surface area (Å²) in [5.41, 5.74) is 7.04. The number of aromatic nitrogens is 2. The van der Waals surface area contributed by atoms with E-state index in [2.05, 4.69) is 46.6 Å². The fourth-order valence-corrected chi connectivity index (χ4v) is 3.71. The minimum absolute atomic E-state index is 0.126. The number of carbonyl (C=O) groups is 1. The molecule has 6 heteroatoms. The van der Waals surface area contributed by atoms with Gasteiger partial charge in [-0.15, -0.1) is 0 Å². The highest BCUT2D eigenvalue weighted by atomic mass is 16.5. The topological polar surface area (TPSA) is 91.2 Å². The second-order valence-corrected chi connectivity index (χ2v) is 7.24. The third-order valence-electron chi connectivity index (χ3n) is 5.25. The molecule has 0 atom stereocenters. The van der Waals surface area contributed by atoms with Gasteiger partial charge in [0.25, 0.3) is 5.91 Å². The highest BCUT2D eigenvalue weighted by molar-refractivity contribution is 5.95. The number of amides is 1. The lowest BCUT2D eigenvalue weighted by molar-refractivity contribution is 0.0939. The molecule has 2 aromatic heterocycles. The van der Waals surface area contributed by atoms with E-state index in [1.807, 2.05) is 25.1 Å². The summed E-state index contributed by atoms with van der Waals surface area (Å²) in [6.07, 6.45) is 0. The molecule has 148 valence electrons. The van der Waals surface area contributed by atoms with Crippen LogP contribution in [0.25, 0.3) is 22.2 Å². The quantitative estimate of drug-likeness (QED) is 0.478. The molecule has 0 saturated carbocycles. The van der Waals surface area contributed by atoms with E-state index in [1.54, 1.807) is 6.92 Å². The molecule has 2 aromatic carbocycles. The van der Waals surface area contributed by atoms with Crippen molar-refractivity contribution >= 4 is 16.8 Å². The number of hydrogen-bond acceptors (Lipinski definition) is 4. The van der Waals surface area contributed by atoms with Gasteiger partial charge >= 0.3 is 0 Å². The number of aliphatic hydroxyl groups is 1. The minimum Gasteiger partial charge on any atom is -0.391 e. The lowest BCUT2D eigenvalue weighted by Gasteiger charge is -2.07. The third-order valence-corrected chi connectivity index (χ3v) is 5.25. The van der Waals surface area contributed by atoms with Crippen LogP contribution in [0.15, 0.2) is 47.0 Å². The Morgan fingerprint density at radius 3 is 2.66 bits per heavy atom. The summed E-state index contributed by atoms with van der Waals surface area (Å²) in [7, 11) is 0. The highest BCUT2D eigenvalue weighted by Crippen LogP contribution is 2.32. The van der Waals surface area contributed by atoms with Gasteiger partial charge < -0.3 is 19.9 Å². The average molecular weight is 389 g/mol. The first-order chi connectivity index (χ1) is 14.0. The molecule has 0 aliphatic heterocycles. The van der Waals surface area contributed by atoms with Gasteiger partial charge in [-0.1, -0.05) is 47.1 Å². The molecule has 4 rings (SSSR count). The van der Waals surface area contributed by atoms with Crippen molar-refractivity contribution in [2.24, 2.45) is 0 Å². The maximum atomic E-state index is 12.6. The summed E-state index contributed by atoms with van der Waals surface area (Å²) in [6.45, 7) is 5.87. The normalized spacial score (nSPS) is 11.2. The smallest absolute Gasteiger partial charge is 0.274 e. The van der Waals surface area contributed by atoms with E-state index in [9.17, 15) is 9.90 Å². The molecular formula is C23H23N3O3. The second-order valence-electron chi connectivity index (χ2n) is 7.24. The Kier molecular flexibility index (Phi) is 4.94. The molecule has 29 heavy (non-hydrogen) atoms. The number of benzene rings is 2. The molecule has 0 aliphatic carbocycles. The summed E-state index contributed by atoms with van der Waals surface area (Å²) < 4.78 is 5.04. The van der Waals surface area contributed by atoms with Gasteiger partial charge in [0.1, 0.15) is 5.76 Å². The number of aliphatic hydroxyl groups excluding tert-OH is 1. The van der Waals surface area contributed by atoms with Gasteiger partial charge in [-0.3, -0.25) is 4.79 Å². The minimum atomic E-state index is -0.368. The fraction of sp³-hybridized carbons (Fsp3) is 0.217.